The third kappa shape index (κ3) is 1.59. The molecule has 0 aliphatic rings. The molecule has 2 heterocycles. The van der Waals surface area contributed by atoms with Gasteiger partial charge in [-0.15, -0.1) is 0 Å². The predicted molar refractivity (Wildman–Crippen MR) is 52.0 cm³/mol. The summed E-state index contributed by atoms with van der Waals surface area (Å²) in [4.78, 5) is 14.4. The quantitative estimate of drug-likeness (QED) is 0.798. The minimum Gasteiger partial charge on any atom is -0.481 e. The van der Waals surface area contributed by atoms with Crippen molar-refractivity contribution in [1.29, 1.82) is 0 Å². The number of aliphatic carboxylic acids is 1. The van der Waals surface area contributed by atoms with E-state index in [4.69, 9.17) is 5.11 Å². The van der Waals surface area contributed by atoms with E-state index in [1.54, 1.807) is 12.4 Å². The summed E-state index contributed by atoms with van der Waals surface area (Å²) in [6, 6.07) is 3.82. The first kappa shape index (κ1) is 8.74. The van der Waals surface area contributed by atoms with Crippen LogP contribution in [0.2, 0.25) is 0 Å². The van der Waals surface area contributed by atoms with Crippen molar-refractivity contribution in [1.82, 2.24) is 9.55 Å². The lowest BCUT2D eigenvalue weighted by Gasteiger charge is -2.01. The van der Waals surface area contributed by atoms with Crippen LogP contribution in [0.5, 0.6) is 0 Å². The molecule has 0 saturated carbocycles. The van der Waals surface area contributed by atoms with Crippen LogP contribution in [0.3, 0.4) is 0 Å². The van der Waals surface area contributed by atoms with Gasteiger partial charge in [-0.3, -0.25) is 9.78 Å². The van der Waals surface area contributed by atoms with Crippen molar-refractivity contribution in [2.45, 2.75) is 13.0 Å². The van der Waals surface area contributed by atoms with E-state index in [1.165, 1.54) is 0 Å². The summed E-state index contributed by atoms with van der Waals surface area (Å²) in [5.74, 6) is -0.777. The summed E-state index contributed by atoms with van der Waals surface area (Å²) in [6.45, 7) is 0.503. The second-order valence-electron chi connectivity index (χ2n) is 3.09. The maximum Gasteiger partial charge on any atom is 0.305 e. The molecule has 72 valence electrons. The second kappa shape index (κ2) is 3.49. The largest absolute Gasteiger partial charge is 0.481 e. The highest BCUT2D eigenvalue weighted by Crippen LogP contribution is 2.13. The third-order valence-corrected chi connectivity index (χ3v) is 2.14. The van der Waals surface area contributed by atoms with Gasteiger partial charge in [-0.2, -0.15) is 0 Å². The first-order chi connectivity index (χ1) is 6.77. The maximum atomic E-state index is 10.4. The average molecular weight is 190 g/mol. The van der Waals surface area contributed by atoms with Crippen molar-refractivity contribution in [2.24, 2.45) is 0 Å². The van der Waals surface area contributed by atoms with Crippen LogP contribution in [0.25, 0.3) is 10.9 Å². The van der Waals surface area contributed by atoms with E-state index in [-0.39, 0.29) is 6.42 Å². The molecule has 0 amide bonds. The Morgan fingerprint density at radius 1 is 1.50 bits per heavy atom. The van der Waals surface area contributed by atoms with E-state index in [9.17, 15) is 4.79 Å². The van der Waals surface area contributed by atoms with Gasteiger partial charge in [0.05, 0.1) is 11.9 Å². The Hall–Kier alpha value is -1.84. The van der Waals surface area contributed by atoms with E-state index in [0.717, 1.165) is 10.9 Å². The lowest BCUT2D eigenvalue weighted by Crippen LogP contribution is -2.03. The standard InChI is InChI=1S/C10H10N2O2/c13-10(14)3-6-12-5-2-8-7-11-4-1-9(8)12/h1-2,4-5,7H,3,6H2,(H,13,14). The van der Waals surface area contributed by atoms with Gasteiger partial charge in [0, 0.05) is 30.5 Å². The molecule has 2 rings (SSSR count). The molecule has 0 aromatic carbocycles. The molecular formula is C10H10N2O2. The Bertz CT molecular complexity index is 462. The predicted octanol–water partition coefficient (Wildman–Crippen LogP) is 1.51. The monoisotopic (exact) mass is 190 g/mol. The maximum absolute atomic E-state index is 10.4. The van der Waals surface area contributed by atoms with E-state index >= 15 is 0 Å². The number of carboxylic acids is 1. The van der Waals surface area contributed by atoms with Crippen LogP contribution in [0.4, 0.5) is 0 Å². The Labute approximate surface area is 80.8 Å². The molecule has 0 aliphatic carbocycles. The van der Waals surface area contributed by atoms with Crippen molar-refractivity contribution in [3.8, 4) is 0 Å². The molecule has 0 radical (unpaired) electrons. The smallest absolute Gasteiger partial charge is 0.305 e. The lowest BCUT2D eigenvalue weighted by molar-refractivity contribution is -0.137. The molecule has 2 aromatic heterocycles. The molecule has 0 unspecified atom stereocenters. The number of aryl methyl sites for hydroxylation is 1. The topological polar surface area (TPSA) is 55.1 Å². The summed E-state index contributed by atoms with van der Waals surface area (Å²) in [5.41, 5.74) is 1.03. The Morgan fingerprint density at radius 3 is 3.14 bits per heavy atom. The molecule has 14 heavy (non-hydrogen) atoms. The zero-order chi connectivity index (χ0) is 9.97. The fourth-order valence-electron chi connectivity index (χ4n) is 1.45. The van der Waals surface area contributed by atoms with Gasteiger partial charge in [0.1, 0.15) is 0 Å². The Morgan fingerprint density at radius 2 is 2.36 bits per heavy atom. The van der Waals surface area contributed by atoms with Crippen LogP contribution in [-0.4, -0.2) is 20.6 Å². The number of aromatic nitrogens is 2. The first-order valence-corrected chi connectivity index (χ1v) is 4.38. The van der Waals surface area contributed by atoms with Gasteiger partial charge in [-0.1, -0.05) is 0 Å². The van der Waals surface area contributed by atoms with Gasteiger partial charge >= 0.3 is 5.97 Å². The highest BCUT2D eigenvalue weighted by molar-refractivity contribution is 5.79. The van der Waals surface area contributed by atoms with E-state index in [0.29, 0.717) is 6.54 Å². The molecule has 2 aromatic rings. The van der Waals surface area contributed by atoms with Crippen LogP contribution in [0.1, 0.15) is 6.42 Å². The molecule has 0 fully saturated rings. The van der Waals surface area contributed by atoms with Gasteiger partial charge in [0.15, 0.2) is 0 Å². The molecular weight excluding hydrogens is 180 g/mol. The summed E-state index contributed by atoms with van der Waals surface area (Å²) in [6.07, 6.45) is 5.51. The van der Waals surface area contributed by atoms with Gasteiger partial charge in [-0.25, -0.2) is 0 Å². The van der Waals surface area contributed by atoms with Gasteiger partial charge in [-0.05, 0) is 12.1 Å². The van der Waals surface area contributed by atoms with Crippen molar-refractivity contribution < 1.29 is 9.90 Å². The van der Waals surface area contributed by atoms with Crippen LogP contribution >= 0.6 is 0 Å². The van der Waals surface area contributed by atoms with Gasteiger partial charge in [0.25, 0.3) is 0 Å². The number of rotatable bonds is 3. The molecule has 0 saturated heterocycles. The van der Waals surface area contributed by atoms with Crippen molar-refractivity contribution >= 4 is 16.9 Å². The minimum atomic E-state index is -0.777. The molecule has 1 N–H and O–H groups in total. The van der Waals surface area contributed by atoms with Crippen LogP contribution in [0, 0.1) is 0 Å². The lowest BCUT2D eigenvalue weighted by atomic mass is 10.3. The molecule has 0 spiro atoms. The molecule has 4 nitrogen and oxygen atoms in total. The number of hydrogen-bond acceptors (Lipinski definition) is 2. The SMILES string of the molecule is O=C(O)CCn1ccc2cnccc21. The highest BCUT2D eigenvalue weighted by atomic mass is 16.4. The first-order valence-electron chi connectivity index (χ1n) is 4.38. The minimum absolute atomic E-state index is 0.145. The zero-order valence-corrected chi connectivity index (χ0v) is 7.55. The summed E-state index contributed by atoms with van der Waals surface area (Å²) >= 11 is 0. The normalized spacial score (nSPS) is 10.6. The fourth-order valence-corrected chi connectivity index (χ4v) is 1.45. The van der Waals surface area contributed by atoms with E-state index in [1.807, 2.05) is 22.9 Å². The summed E-state index contributed by atoms with van der Waals surface area (Å²) < 4.78 is 1.92. The number of nitrogens with zero attached hydrogens (tertiary/aromatic N) is 2. The summed E-state index contributed by atoms with van der Waals surface area (Å²) in [5, 5.41) is 9.60. The van der Waals surface area contributed by atoms with Crippen molar-refractivity contribution in [2.75, 3.05) is 0 Å². The highest BCUT2D eigenvalue weighted by Gasteiger charge is 2.02. The van der Waals surface area contributed by atoms with Crippen LogP contribution in [0.15, 0.2) is 30.7 Å². The zero-order valence-electron chi connectivity index (χ0n) is 7.55. The van der Waals surface area contributed by atoms with Gasteiger partial charge in [0.2, 0.25) is 0 Å². The number of fused-ring (bicyclic) bond motifs is 1. The number of pyridine rings is 1. The molecule has 0 aliphatic heterocycles. The van der Waals surface area contributed by atoms with E-state index < -0.39 is 5.97 Å². The van der Waals surface area contributed by atoms with Crippen LogP contribution < -0.4 is 0 Å². The Balaban J connectivity index is 2.29. The van der Waals surface area contributed by atoms with Crippen molar-refractivity contribution in [3.05, 3.63) is 30.7 Å². The fraction of sp³-hybridized carbons (Fsp3) is 0.200. The Kier molecular flexibility index (Phi) is 2.18. The van der Waals surface area contributed by atoms with E-state index in [2.05, 4.69) is 4.98 Å². The second-order valence-corrected chi connectivity index (χ2v) is 3.09. The third-order valence-electron chi connectivity index (χ3n) is 2.14. The number of carbonyl (C=O) groups is 1. The van der Waals surface area contributed by atoms with Gasteiger partial charge < -0.3 is 9.67 Å². The summed E-state index contributed by atoms with van der Waals surface area (Å²) in [7, 11) is 0. The number of carboxylic acid groups (broad SMARTS) is 1. The van der Waals surface area contributed by atoms with Crippen LogP contribution in [-0.2, 0) is 11.3 Å². The number of hydrogen-bond donors (Lipinski definition) is 1. The molecule has 4 heteroatoms. The molecule has 0 atom stereocenters. The average Bonchev–Trinajstić information content (AvgIpc) is 2.58. The van der Waals surface area contributed by atoms with Crippen molar-refractivity contribution in [3.63, 3.8) is 0 Å². The molecule has 0 bridgehead atoms.